The third-order valence-corrected chi connectivity index (χ3v) is 7.34. The van der Waals surface area contributed by atoms with E-state index in [4.69, 9.17) is 11.6 Å². The van der Waals surface area contributed by atoms with Gasteiger partial charge in [-0.2, -0.15) is 0 Å². The van der Waals surface area contributed by atoms with Crippen molar-refractivity contribution in [1.82, 2.24) is 10.2 Å². The van der Waals surface area contributed by atoms with E-state index in [1.807, 2.05) is 39.8 Å². The molecular formula is C24H35ClN2O4. The zero-order valence-electron chi connectivity index (χ0n) is 18.9. The molecule has 1 heterocycles. The number of rotatable bonds is 5. The van der Waals surface area contributed by atoms with Gasteiger partial charge in [-0.05, 0) is 49.3 Å². The Labute approximate surface area is 190 Å². The molecule has 4 atom stereocenters. The molecule has 31 heavy (non-hydrogen) atoms. The number of nitrogens with one attached hydrogen (secondary N) is 1. The highest BCUT2D eigenvalue weighted by Crippen LogP contribution is 2.46. The lowest BCUT2D eigenvalue weighted by Gasteiger charge is -2.51. The summed E-state index contributed by atoms with van der Waals surface area (Å²) < 4.78 is 0. The maximum absolute atomic E-state index is 13.4. The van der Waals surface area contributed by atoms with Crippen LogP contribution < -0.4 is 5.32 Å². The summed E-state index contributed by atoms with van der Waals surface area (Å²) in [4.78, 5) is 27.9. The van der Waals surface area contributed by atoms with Gasteiger partial charge >= 0.3 is 0 Å². The lowest BCUT2D eigenvalue weighted by molar-refractivity contribution is -0.157. The van der Waals surface area contributed by atoms with E-state index in [-0.39, 0.29) is 23.7 Å². The number of nitrogens with zero attached hydrogens (tertiary/aromatic N) is 1. The van der Waals surface area contributed by atoms with Crippen LogP contribution in [0, 0.1) is 17.3 Å². The number of amides is 2. The van der Waals surface area contributed by atoms with Crippen LogP contribution in [-0.2, 0) is 15.2 Å². The standard InChI is InChI=1S/C24H35ClN2O4/c1-15(2)20(26-21(29)16-5-10-19(28)13-16)22(30)27-12-11-24(31,23(3,4)14-27)17-6-8-18(25)9-7-17/h6-9,15-16,19-20,28,31H,5,10-14H2,1-4H3,(H,26,29)/t16?,19-,20-,24+/m1/s1. The van der Waals surface area contributed by atoms with E-state index < -0.39 is 23.2 Å². The molecule has 172 valence electrons. The van der Waals surface area contributed by atoms with E-state index in [0.29, 0.717) is 43.8 Å². The summed E-state index contributed by atoms with van der Waals surface area (Å²) in [6, 6.07) is 6.60. The summed E-state index contributed by atoms with van der Waals surface area (Å²) in [7, 11) is 0. The van der Waals surface area contributed by atoms with Gasteiger partial charge in [0.15, 0.2) is 0 Å². The van der Waals surface area contributed by atoms with Gasteiger partial charge in [-0.1, -0.05) is 51.4 Å². The van der Waals surface area contributed by atoms with Gasteiger partial charge in [0.2, 0.25) is 11.8 Å². The Balaban J connectivity index is 1.72. The number of carbonyl (C=O) groups excluding carboxylic acids is 2. The van der Waals surface area contributed by atoms with Crippen LogP contribution in [0.1, 0.15) is 58.9 Å². The number of piperidine rings is 1. The fourth-order valence-electron chi connectivity index (χ4n) is 4.95. The Morgan fingerprint density at radius 2 is 1.84 bits per heavy atom. The van der Waals surface area contributed by atoms with Gasteiger partial charge in [-0.15, -0.1) is 0 Å². The maximum Gasteiger partial charge on any atom is 0.245 e. The molecule has 0 spiro atoms. The Hall–Kier alpha value is -1.63. The van der Waals surface area contributed by atoms with Crippen molar-refractivity contribution in [2.45, 2.75) is 71.1 Å². The lowest BCUT2D eigenvalue weighted by atomic mass is 9.66. The first-order valence-electron chi connectivity index (χ1n) is 11.2. The van der Waals surface area contributed by atoms with Gasteiger partial charge < -0.3 is 20.4 Å². The van der Waals surface area contributed by atoms with Crippen molar-refractivity contribution in [3.05, 3.63) is 34.9 Å². The van der Waals surface area contributed by atoms with Crippen molar-refractivity contribution in [2.24, 2.45) is 17.3 Å². The molecule has 2 amide bonds. The van der Waals surface area contributed by atoms with Crippen LogP contribution in [0.5, 0.6) is 0 Å². The Kier molecular flexibility index (Phi) is 7.04. The lowest BCUT2D eigenvalue weighted by Crippen LogP contribution is -2.60. The fourth-order valence-corrected chi connectivity index (χ4v) is 5.07. The number of hydrogen-bond donors (Lipinski definition) is 3. The molecule has 3 N–H and O–H groups in total. The quantitative estimate of drug-likeness (QED) is 0.643. The molecule has 7 heteroatoms. The smallest absolute Gasteiger partial charge is 0.245 e. The predicted octanol–water partition coefficient (Wildman–Crippen LogP) is 3.09. The number of aliphatic hydroxyl groups excluding tert-OH is 1. The third kappa shape index (κ3) is 4.91. The van der Waals surface area contributed by atoms with Crippen LogP contribution in [0.25, 0.3) is 0 Å². The van der Waals surface area contributed by atoms with Gasteiger partial charge in [0, 0.05) is 29.4 Å². The van der Waals surface area contributed by atoms with Gasteiger partial charge in [0.1, 0.15) is 6.04 Å². The molecule has 1 aromatic carbocycles. The van der Waals surface area contributed by atoms with E-state index in [9.17, 15) is 19.8 Å². The van der Waals surface area contributed by atoms with Crippen LogP contribution in [0.15, 0.2) is 24.3 Å². The van der Waals surface area contributed by atoms with Crippen molar-refractivity contribution in [2.75, 3.05) is 13.1 Å². The predicted molar refractivity (Wildman–Crippen MR) is 120 cm³/mol. The Bertz CT molecular complexity index is 810. The van der Waals surface area contributed by atoms with Gasteiger partial charge in [-0.25, -0.2) is 0 Å². The average molecular weight is 451 g/mol. The second-order valence-electron chi connectivity index (χ2n) is 10.2. The van der Waals surface area contributed by atoms with Crippen molar-refractivity contribution >= 4 is 23.4 Å². The van der Waals surface area contributed by atoms with Gasteiger partial charge in [0.05, 0.1) is 11.7 Å². The highest BCUT2D eigenvalue weighted by molar-refractivity contribution is 6.30. The van der Waals surface area contributed by atoms with Crippen LogP contribution in [-0.4, -0.2) is 52.2 Å². The molecule has 0 bridgehead atoms. The third-order valence-electron chi connectivity index (χ3n) is 7.09. The second kappa shape index (κ2) is 9.08. The summed E-state index contributed by atoms with van der Waals surface area (Å²) in [6.45, 7) is 8.56. The number of carbonyl (C=O) groups is 2. The molecule has 1 aliphatic carbocycles. The Morgan fingerprint density at radius 1 is 1.19 bits per heavy atom. The van der Waals surface area contributed by atoms with E-state index in [1.165, 1.54) is 0 Å². The van der Waals surface area contributed by atoms with Crippen LogP contribution >= 0.6 is 11.6 Å². The van der Waals surface area contributed by atoms with Crippen molar-refractivity contribution in [1.29, 1.82) is 0 Å². The van der Waals surface area contributed by atoms with E-state index in [1.54, 1.807) is 17.0 Å². The molecule has 1 saturated heterocycles. The minimum Gasteiger partial charge on any atom is -0.393 e. The first kappa shape index (κ1) is 24.0. The zero-order valence-corrected chi connectivity index (χ0v) is 19.7. The topological polar surface area (TPSA) is 89.9 Å². The van der Waals surface area contributed by atoms with Crippen molar-refractivity contribution < 1.29 is 19.8 Å². The molecule has 6 nitrogen and oxygen atoms in total. The largest absolute Gasteiger partial charge is 0.393 e. The summed E-state index contributed by atoms with van der Waals surface area (Å²) in [6.07, 6.45) is 1.70. The average Bonchev–Trinajstić information content (AvgIpc) is 3.14. The van der Waals surface area contributed by atoms with Crippen molar-refractivity contribution in [3.63, 3.8) is 0 Å². The number of likely N-dealkylation sites (tertiary alicyclic amines) is 1. The number of benzene rings is 1. The molecule has 1 aromatic rings. The highest BCUT2D eigenvalue weighted by atomic mass is 35.5. The molecule has 1 aliphatic heterocycles. The van der Waals surface area contributed by atoms with E-state index in [0.717, 1.165) is 5.56 Å². The number of halogens is 1. The summed E-state index contributed by atoms with van der Waals surface area (Å²) >= 11 is 6.01. The molecule has 1 saturated carbocycles. The first-order chi connectivity index (χ1) is 14.4. The zero-order chi connectivity index (χ0) is 23.0. The van der Waals surface area contributed by atoms with Crippen LogP contribution in [0.3, 0.4) is 0 Å². The maximum atomic E-state index is 13.4. The molecular weight excluding hydrogens is 416 g/mol. The minimum absolute atomic E-state index is 0.0667. The van der Waals surface area contributed by atoms with Gasteiger partial charge in [-0.3, -0.25) is 9.59 Å². The Morgan fingerprint density at radius 3 is 2.35 bits per heavy atom. The highest BCUT2D eigenvalue weighted by Gasteiger charge is 2.50. The van der Waals surface area contributed by atoms with E-state index in [2.05, 4.69) is 5.32 Å². The normalized spacial score (nSPS) is 29.1. The monoisotopic (exact) mass is 450 g/mol. The minimum atomic E-state index is -1.08. The summed E-state index contributed by atoms with van der Waals surface area (Å²) in [5, 5.41) is 24.8. The van der Waals surface area contributed by atoms with Gasteiger partial charge in [0.25, 0.3) is 0 Å². The molecule has 0 aromatic heterocycles. The molecule has 2 aliphatic rings. The van der Waals surface area contributed by atoms with Crippen LogP contribution in [0.2, 0.25) is 5.02 Å². The molecule has 3 rings (SSSR count). The molecule has 1 unspecified atom stereocenters. The number of hydrogen-bond acceptors (Lipinski definition) is 4. The van der Waals surface area contributed by atoms with Crippen LogP contribution in [0.4, 0.5) is 0 Å². The second-order valence-corrected chi connectivity index (χ2v) is 10.6. The first-order valence-corrected chi connectivity index (χ1v) is 11.6. The van der Waals surface area contributed by atoms with E-state index >= 15 is 0 Å². The molecule has 0 radical (unpaired) electrons. The fraction of sp³-hybridized carbons (Fsp3) is 0.667. The molecule has 2 fully saturated rings. The SMILES string of the molecule is CC(C)[C@@H](NC(=O)C1CC[C@@H](O)C1)C(=O)N1CC[C@](O)(c2ccc(Cl)cc2)C(C)(C)C1. The summed E-state index contributed by atoms with van der Waals surface area (Å²) in [5.41, 5.74) is -0.872. The van der Waals surface area contributed by atoms with Crippen molar-refractivity contribution in [3.8, 4) is 0 Å². The number of aliphatic hydroxyl groups is 2. The summed E-state index contributed by atoms with van der Waals surface area (Å²) in [5.74, 6) is -0.578.